The lowest BCUT2D eigenvalue weighted by molar-refractivity contribution is -0.145. The van der Waals surface area contributed by atoms with Crippen LogP contribution in [0.2, 0.25) is 0 Å². The molecule has 2 rings (SSSR count). The minimum Gasteiger partial charge on any atom is -0.480 e. The van der Waals surface area contributed by atoms with Gasteiger partial charge in [-0.3, -0.25) is 9.59 Å². The van der Waals surface area contributed by atoms with Gasteiger partial charge in [0.05, 0.1) is 0 Å². The number of hydrogen-bond donors (Lipinski definition) is 1. The van der Waals surface area contributed by atoms with Crippen LogP contribution in [-0.4, -0.2) is 60.3 Å². The molecule has 9 heteroatoms. The highest BCUT2D eigenvalue weighted by atomic mass is 32.2. The average Bonchev–Trinajstić information content (AvgIpc) is 3.14. The van der Waals surface area contributed by atoms with Crippen LogP contribution in [0.1, 0.15) is 31.1 Å². The molecule has 0 bridgehead atoms. The molecule has 1 aliphatic rings. The lowest BCUT2D eigenvalue weighted by Crippen LogP contribution is -2.49. The van der Waals surface area contributed by atoms with Crippen molar-refractivity contribution in [1.82, 2.24) is 9.21 Å². The van der Waals surface area contributed by atoms with Crippen LogP contribution < -0.4 is 0 Å². The van der Waals surface area contributed by atoms with E-state index < -0.39 is 34.5 Å². The van der Waals surface area contributed by atoms with E-state index in [1.807, 2.05) is 13.8 Å². The molecule has 1 amide bonds. The monoisotopic (exact) mass is 374 g/mol. The summed E-state index contributed by atoms with van der Waals surface area (Å²) in [7, 11) is -3.73. The maximum atomic E-state index is 12.8. The maximum absolute atomic E-state index is 12.8. The van der Waals surface area contributed by atoms with Gasteiger partial charge in [0, 0.05) is 18.0 Å². The Hall–Kier alpha value is -1.45. The summed E-state index contributed by atoms with van der Waals surface area (Å²) >= 11 is 1.18. The van der Waals surface area contributed by atoms with Crippen LogP contribution in [0.4, 0.5) is 0 Å². The fourth-order valence-corrected chi connectivity index (χ4v) is 5.92. The Morgan fingerprint density at radius 1 is 1.42 bits per heavy atom. The van der Waals surface area contributed by atoms with Gasteiger partial charge in [0.1, 0.15) is 16.8 Å². The van der Waals surface area contributed by atoms with Gasteiger partial charge in [0.2, 0.25) is 5.91 Å². The number of thiophene rings is 1. The minimum absolute atomic E-state index is 0.222. The van der Waals surface area contributed by atoms with Gasteiger partial charge in [-0.25, -0.2) is 8.42 Å². The molecular formula is C15H22N2O5S2. The van der Waals surface area contributed by atoms with Gasteiger partial charge in [-0.1, -0.05) is 6.92 Å². The molecule has 0 spiro atoms. The second-order valence-electron chi connectivity index (χ2n) is 5.79. The average molecular weight is 374 g/mol. The van der Waals surface area contributed by atoms with Crippen LogP contribution in [0.5, 0.6) is 0 Å². The molecule has 134 valence electrons. The van der Waals surface area contributed by atoms with Crippen LogP contribution >= 0.6 is 11.3 Å². The predicted molar refractivity (Wildman–Crippen MR) is 90.5 cm³/mol. The molecule has 0 aromatic carbocycles. The van der Waals surface area contributed by atoms with E-state index in [-0.39, 0.29) is 10.8 Å². The van der Waals surface area contributed by atoms with Crippen molar-refractivity contribution in [2.24, 2.45) is 0 Å². The van der Waals surface area contributed by atoms with E-state index in [0.717, 1.165) is 4.88 Å². The Balaban J connectivity index is 2.25. The third kappa shape index (κ3) is 3.96. The molecule has 1 saturated heterocycles. The Labute approximate surface area is 145 Å². The van der Waals surface area contributed by atoms with Gasteiger partial charge < -0.3 is 10.0 Å². The van der Waals surface area contributed by atoms with E-state index in [1.54, 1.807) is 12.1 Å². The van der Waals surface area contributed by atoms with Crippen LogP contribution in [0, 0.1) is 6.92 Å². The highest BCUT2D eigenvalue weighted by Gasteiger charge is 2.41. The first kappa shape index (κ1) is 18.9. The van der Waals surface area contributed by atoms with E-state index in [4.69, 9.17) is 5.11 Å². The van der Waals surface area contributed by atoms with Gasteiger partial charge in [-0.15, -0.1) is 11.3 Å². The number of carbonyl (C=O) groups excluding carboxylic acids is 1. The first-order valence-electron chi connectivity index (χ1n) is 7.86. The summed E-state index contributed by atoms with van der Waals surface area (Å²) < 4.78 is 27.1. The Morgan fingerprint density at radius 2 is 2.12 bits per heavy atom. The Kier molecular flexibility index (Phi) is 6.00. The zero-order valence-corrected chi connectivity index (χ0v) is 15.4. The van der Waals surface area contributed by atoms with Crippen molar-refractivity contribution in [1.29, 1.82) is 0 Å². The fourth-order valence-electron chi connectivity index (χ4n) is 2.85. The van der Waals surface area contributed by atoms with Crippen LogP contribution in [0.15, 0.2) is 16.3 Å². The molecule has 24 heavy (non-hydrogen) atoms. The molecule has 2 heterocycles. The highest BCUT2D eigenvalue weighted by Crippen LogP contribution is 2.30. The maximum Gasteiger partial charge on any atom is 0.323 e. The van der Waals surface area contributed by atoms with Gasteiger partial charge in [-0.2, -0.15) is 4.31 Å². The van der Waals surface area contributed by atoms with Crippen LogP contribution in [-0.2, 0) is 19.6 Å². The summed E-state index contributed by atoms with van der Waals surface area (Å²) in [5.41, 5.74) is 0. The molecular weight excluding hydrogens is 352 g/mol. The molecule has 0 aliphatic carbocycles. The zero-order chi connectivity index (χ0) is 17.9. The van der Waals surface area contributed by atoms with Crippen LogP contribution in [0.25, 0.3) is 0 Å². The second kappa shape index (κ2) is 7.62. The van der Waals surface area contributed by atoms with Gasteiger partial charge in [0.15, 0.2) is 0 Å². The molecule has 1 aromatic heterocycles. The van der Waals surface area contributed by atoms with Crippen molar-refractivity contribution in [3.63, 3.8) is 0 Å². The minimum atomic E-state index is -3.73. The zero-order valence-electron chi connectivity index (χ0n) is 13.8. The molecule has 1 atom stereocenters. The summed E-state index contributed by atoms with van der Waals surface area (Å²) in [6.07, 6.45) is 1.62. The van der Waals surface area contributed by atoms with Crippen LogP contribution in [0.3, 0.4) is 0 Å². The number of sulfonamides is 1. The van der Waals surface area contributed by atoms with Crippen molar-refractivity contribution < 1.29 is 23.1 Å². The van der Waals surface area contributed by atoms with E-state index in [0.29, 0.717) is 25.8 Å². The second-order valence-corrected chi connectivity index (χ2v) is 9.20. The van der Waals surface area contributed by atoms with E-state index in [9.17, 15) is 18.0 Å². The summed E-state index contributed by atoms with van der Waals surface area (Å²) in [6, 6.07) is 2.47. The molecule has 1 fully saturated rings. The first-order chi connectivity index (χ1) is 11.3. The topological polar surface area (TPSA) is 95.0 Å². The quantitative estimate of drug-likeness (QED) is 0.781. The Morgan fingerprint density at radius 3 is 2.67 bits per heavy atom. The summed E-state index contributed by atoms with van der Waals surface area (Å²) in [5.74, 6) is -1.52. The molecule has 0 radical (unpaired) electrons. The van der Waals surface area contributed by atoms with E-state index in [1.165, 1.54) is 20.5 Å². The van der Waals surface area contributed by atoms with Gasteiger partial charge >= 0.3 is 5.97 Å². The summed E-state index contributed by atoms with van der Waals surface area (Å²) in [6.45, 7) is 3.84. The van der Waals surface area contributed by atoms with Crippen molar-refractivity contribution in [3.8, 4) is 0 Å². The van der Waals surface area contributed by atoms with Crippen molar-refractivity contribution >= 4 is 33.2 Å². The third-order valence-corrected chi connectivity index (χ3v) is 7.27. The number of rotatable bonds is 7. The third-order valence-electron chi connectivity index (χ3n) is 3.90. The smallest absolute Gasteiger partial charge is 0.323 e. The fraction of sp³-hybridized carbons (Fsp3) is 0.600. The molecule has 1 aliphatic heterocycles. The number of aliphatic carboxylic acids is 1. The molecule has 1 N–H and O–H groups in total. The number of aryl methyl sites for hydroxylation is 1. The predicted octanol–water partition coefficient (Wildman–Crippen LogP) is 1.53. The van der Waals surface area contributed by atoms with Crippen molar-refractivity contribution in [3.05, 3.63) is 17.0 Å². The van der Waals surface area contributed by atoms with E-state index in [2.05, 4.69) is 0 Å². The Bertz CT molecular complexity index is 713. The number of hydrogen-bond acceptors (Lipinski definition) is 5. The van der Waals surface area contributed by atoms with Gasteiger partial charge in [-0.05, 0) is 38.3 Å². The highest BCUT2D eigenvalue weighted by molar-refractivity contribution is 7.91. The number of nitrogens with zero attached hydrogens (tertiary/aromatic N) is 2. The normalized spacial score (nSPS) is 18.7. The number of carbonyl (C=O) groups is 2. The summed E-state index contributed by atoms with van der Waals surface area (Å²) in [5, 5.41) is 8.98. The van der Waals surface area contributed by atoms with Gasteiger partial charge in [0.25, 0.3) is 10.0 Å². The SMILES string of the molecule is CCCN(CC(=O)O)C(=O)C1CCCN1S(=O)(=O)c1ccc(C)s1. The largest absolute Gasteiger partial charge is 0.480 e. The standard InChI is InChI=1S/C15H22N2O5S2/c1-3-8-16(10-13(18)19)15(20)12-5-4-9-17(12)24(21,22)14-7-6-11(2)23-14/h6-7,12H,3-5,8-10H2,1-2H3,(H,18,19). The lowest BCUT2D eigenvalue weighted by Gasteiger charge is -2.28. The van der Waals surface area contributed by atoms with Crippen molar-refractivity contribution in [2.45, 2.75) is 43.4 Å². The first-order valence-corrected chi connectivity index (χ1v) is 10.1. The van der Waals surface area contributed by atoms with Crippen molar-refractivity contribution in [2.75, 3.05) is 19.6 Å². The lowest BCUT2D eigenvalue weighted by atomic mass is 10.2. The molecule has 0 saturated carbocycles. The number of carboxylic acids is 1. The number of carboxylic acid groups (broad SMARTS) is 1. The number of amides is 1. The summed E-state index contributed by atoms with van der Waals surface area (Å²) in [4.78, 5) is 25.8. The van der Waals surface area contributed by atoms with E-state index >= 15 is 0 Å². The molecule has 1 aromatic rings. The molecule has 7 nitrogen and oxygen atoms in total. The molecule has 1 unspecified atom stereocenters.